The SMILES string of the molecule is c1ccc(-c2cccc(-c3cc(-c4cccc5c4sc4cccc(-c6nc(-c7ccccc7)nc(-c7ccccc7)n6)c45)cc4c3sc3ccccc34)c2)cc1. The molecule has 0 unspecified atom stereocenters. The van der Waals surface area contributed by atoms with Crippen molar-refractivity contribution in [2.24, 2.45) is 0 Å². The number of nitrogens with zero attached hydrogens (tertiary/aromatic N) is 3. The van der Waals surface area contributed by atoms with Crippen molar-refractivity contribution in [1.82, 2.24) is 15.0 Å². The summed E-state index contributed by atoms with van der Waals surface area (Å²) in [5, 5.41) is 4.94. The molecule has 0 atom stereocenters. The van der Waals surface area contributed by atoms with Gasteiger partial charge in [0.2, 0.25) is 0 Å². The summed E-state index contributed by atoms with van der Waals surface area (Å²) in [6.45, 7) is 0. The van der Waals surface area contributed by atoms with Crippen LogP contribution in [0.3, 0.4) is 0 Å². The number of benzene rings is 8. The highest BCUT2D eigenvalue weighted by molar-refractivity contribution is 7.27. The summed E-state index contributed by atoms with van der Waals surface area (Å²) in [5.74, 6) is 1.99. The van der Waals surface area contributed by atoms with Gasteiger partial charge in [0, 0.05) is 62.6 Å². The second kappa shape index (κ2) is 13.5. The van der Waals surface area contributed by atoms with Gasteiger partial charge >= 0.3 is 0 Å². The van der Waals surface area contributed by atoms with Crippen molar-refractivity contribution in [2.45, 2.75) is 0 Å². The van der Waals surface area contributed by atoms with Crippen LogP contribution in [0.4, 0.5) is 0 Å². The number of aromatic nitrogens is 3. The van der Waals surface area contributed by atoms with Gasteiger partial charge in [-0.05, 0) is 58.1 Å². The summed E-state index contributed by atoms with van der Waals surface area (Å²) in [6, 6.07) is 66.8. The molecule has 0 aliphatic carbocycles. The molecule has 0 fully saturated rings. The van der Waals surface area contributed by atoms with Crippen LogP contribution in [0.15, 0.2) is 188 Å². The predicted molar refractivity (Wildman–Crippen MR) is 238 cm³/mol. The van der Waals surface area contributed by atoms with E-state index in [2.05, 4.69) is 152 Å². The maximum Gasteiger partial charge on any atom is 0.164 e. The van der Waals surface area contributed by atoms with Crippen molar-refractivity contribution < 1.29 is 0 Å². The Hall–Kier alpha value is -6.79. The quantitative estimate of drug-likeness (QED) is 0.170. The van der Waals surface area contributed by atoms with E-state index in [1.807, 2.05) is 59.1 Å². The Morgan fingerprint density at radius 1 is 0.286 bits per heavy atom. The standard InChI is InChI=1S/C51H31N3S2/c1-4-15-32(16-5-1)35-21-12-22-36(29-35)42-30-37(31-43-39-23-10-11-27-44(39)55-48(42)43)38-24-13-25-40-46-41(26-14-28-45(46)56-47(38)40)51-53-49(33-17-6-2-7-18-33)52-50(54-51)34-19-8-3-9-20-34/h1-31H. The van der Waals surface area contributed by atoms with Crippen LogP contribution in [0.25, 0.3) is 108 Å². The van der Waals surface area contributed by atoms with Crippen molar-refractivity contribution in [3.05, 3.63) is 188 Å². The average Bonchev–Trinajstić information content (AvgIpc) is 3.86. The van der Waals surface area contributed by atoms with Gasteiger partial charge in [0.05, 0.1) is 0 Å². The third-order valence-electron chi connectivity index (χ3n) is 10.5. The molecule has 5 heteroatoms. The van der Waals surface area contributed by atoms with Crippen molar-refractivity contribution in [2.75, 3.05) is 0 Å². The van der Waals surface area contributed by atoms with Gasteiger partial charge in [-0.15, -0.1) is 22.7 Å². The number of rotatable bonds is 6. The van der Waals surface area contributed by atoms with Crippen molar-refractivity contribution in [1.29, 1.82) is 0 Å². The van der Waals surface area contributed by atoms with Gasteiger partial charge in [0.1, 0.15) is 0 Å². The Kier molecular flexibility index (Phi) is 7.87. The van der Waals surface area contributed by atoms with Crippen LogP contribution in [0.2, 0.25) is 0 Å². The van der Waals surface area contributed by atoms with Crippen molar-refractivity contribution in [3.63, 3.8) is 0 Å². The lowest BCUT2D eigenvalue weighted by atomic mass is 9.93. The fourth-order valence-electron chi connectivity index (χ4n) is 7.88. The van der Waals surface area contributed by atoms with Crippen LogP contribution in [0.5, 0.6) is 0 Å². The normalized spacial score (nSPS) is 11.6. The van der Waals surface area contributed by atoms with Gasteiger partial charge in [-0.3, -0.25) is 0 Å². The molecule has 56 heavy (non-hydrogen) atoms. The Bertz CT molecular complexity index is 3180. The third-order valence-corrected chi connectivity index (χ3v) is 13.0. The maximum atomic E-state index is 5.13. The zero-order chi connectivity index (χ0) is 37.0. The summed E-state index contributed by atoms with van der Waals surface area (Å²) in [6.07, 6.45) is 0. The molecule has 0 spiro atoms. The molecule has 0 amide bonds. The van der Waals surface area contributed by atoms with Crippen LogP contribution in [0.1, 0.15) is 0 Å². The molecule has 0 bridgehead atoms. The summed E-state index contributed by atoms with van der Waals surface area (Å²) in [7, 11) is 0. The minimum atomic E-state index is 0.659. The summed E-state index contributed by atoms with van der Waals surface area (Å²) in [5.41, 5.74) is 10.2. The molecule has 0 aliphatic rings. The Morgan fingerprint density at radius 3 is 1.55 bits per heavy atom. The molecule has 11 aromatic rings. The fraction of sp³-hybridized carbons (Fsp3) is 0. The molecule has 0 aliphatic heterocycles. The van der Waals surface area contributed by atoms with Crippen LogP contribution in [0, 0.1) is 0 Å². The molecule has 3 nitrogen and oxygen atoms in total. The van der Waals surface area contributed by atoms with E-state index in [0.29, 0.717) is 17.5 Å². The van der Waals surface area contributed by atoms with Crippen LogP contribution >= 0.6 is 22.7 Å². The Labute approximate surface area is 331 Å². The molecule has 0 radical (unpaired) electrons. The maximum absolute atomic E-state index is 5.13. The Balaban J connectivity index is 1.13. The van der Waals surface area contributed by atoms with Gasteiger partial charge < -0.3 is 0 Å². The lowest BCUT2D eigenvalue weighted by molar-refractivity contribution is 1.08. The van der Waals surface area contributed by atoms with Crippen LogP contribution < -0.4 is 0 Å². The van der Waals surface area contributed by atoms with E-state index >= 15 is 0 Å². The number of thiophene rings is 2. The first-order chi connectivity index (χ1) is 27.7. The first-order valence-corrected chi connectivity index (χ1v) is 20.3. The summed E-state index contributed by atoms with van der Waals surface area (Å²) in [4.78, 5) is 15.2. The van der Waals surface area contributed by atoms with E-state index in [9.17, 15) is 0 Å². The molecule has 262 valence electrons. The van der Waals surface area contributed by atoms with Gasteiger partial charge in [0.25, 0.3) is 0 Å². The largest absolute Gasteiger partial charge is 0.208 e. The monoisotopic (exact) mass is 749 g/mol. The van der Waals surface area contributed by atoms with E-state index in [1.54, 1.807) is 0 Å². The number of hydrogen-bond acceptors (Lipinski definition) is 5. The minimum Gasteiger partial charge on any atom is -0.208 e. The highest BCUT2D eigenvalue weighted by Gasteiger charge is 2.20. The van der Waals surface area contributed by atoms with Crippen LogP contribution in [-0.4, -0.2) is 15.0 Å². The second-order valence-corrected chi connectivity index (χ2v) is 16.1. The molecule has 11 rings (SSSR count). The lowest BCUT2D eigenvalue weighted by Crippen LogP contribution is -2.00. The molecule has 0 N–H and O–H groups in total. The molecule has 0 saturated carbocycles. The van der Waals surface area contributed by atoms with E-state index in [4.69, 9.17) is 15.0 Å². The smallest absolute Gasteiger partial charge is 0.164 e. The number of hydrogen-bond donors (Lipinski definition) is 0. The van der Waals surface area contributed by atoms with Crippen molar-refractivity contribution >= 4 is 63.0 Å². The highest BCUT2D eigenvalue weighted by Crippen LogP contribution is 2.47. The highest BCUT2D eigenvalue weighted by atomic mass is 32.1. The lowest BCUT2D eigenvalue weighted by Gasteiger charge is -2.12. The summed E-state index contributed by atoms with van der Waals surface area (Å²) >= 11 is 3.72. The zero-order valence-corrected chi connectivity index (χ0v) is 31.7. The first-order valence-electron chi connectivity index (χ1n) is 18.7. The average molecular weight is 750 g/mol. The molecular formula is C51H31N3S2. The molecule has 3 heterocycles. The van der Waals surface area contributed by atoms with E-state index in [-0.39, 0.29) is 0 Å². The second-order valence-electron chi connectivity index (χ2n) is 13.9. The predicted octanol–water partition coefficient (Wildman–Crippen LogP) is 14.6. The van der Waals surface area contributed by atoms with Crippen molar-refractivity contribution in [3.8, 4) is 67.5 Å². The minimum absolute atomic E-state index is 0.659. The summed E-state index contributed by atoms with van der Waals surface area (Å²) < 4.78 is 5.06. The number of fused-ring (bicyclic) bond motifs is 6. The van der Waals surface area contributed by atoms with E-state index in [0.717, 1.165) is 22.1 Å². The van der Waals surface area contributed by atoms with Gasteiger partial charge in [-0.25, -0.2) is 15.0 Å². The Morgan fingerprint density at radius 2 is 0.804 bits per heavy atom. The topological polar surface area (TPSA) is 38.7 Å². The fourth-order valence-corrected chi connectivity index (χ4v) is 10.4. The van der Waals surface area contributed by atoms with Gasteiger partial charge in [0.15, 0.2) is 17.5 Å². The molecule has 8 aromatic carbocycles. The van der Waals surface area contributed by atoms with E-state index < -0.39 is 0 Å². The molecule has 0 saturated heterocycles. The third kappa shape index (κ3) is 5.60. The molecular weight excluding hydrogens is 719 g/mol. The molecule has 3 aromatic heterocycles. The van der Waals surface area contributed by atoms with Crippen LogP contribution in [-0.2, 0) is 0 Å². The van der Waals surface area contributed by atoms with E-state index in [1.165, 1.54) is 68.3 Å². The van der Waals surface area contributed by atoms with Gasteiger partial charge in [-0.1, -0.05) is 158 Å². The first kappa shape index (κ1) is 32.6. The van der Waals surface area contributed by atoms with Gasteiger partial charge in [-0.2, -0.15) is 0 Å². The zero-order valence-electron chi connectivity index (χ0n) is 30.1.